The number of hydrogen-bond donors (Lipinski definition) is 2. The van der Waals surface area contributed by atoms with Gasteiger partial charge in [0.25, 0.3) is 0 Å². The third-order valence-corrected chi connectivity index (χ3v) is 5.19. The van der Waals surface area contributed by atoms with E-state index >= 15 is 0 Å². The molecule has 180 valence electrons. The number of aliphatic hydroxyl groups excluding tert-OH is 1. The highest BCUT2D eigenvalue weighted by Crippen LogP contribution is 2.12. The van der Waals surface area contributed by atoms with E-state index in [4.69, 9.17) is 4.74 Å². The molecule has 0 saturated heterocycles. The first-order valence-corrected chi connectivity index (χ1v) is 11.8. The van der Waals surface area contributed by atoms with Gasteiger partial charge in [0, 0.05) is 0 Å². The maximum atomic E-state index is 11.6. The number of rotatable bonds is 21. The van der Waals surface area contributed by atoms with Gasteiger partial charge in [-0.15, -0.1) is 0 Å². The third kappa shape index (κ3) is 18.6. The van der Waals surface area contributed by atoms with Crippen LogP contribution in [-0.4, -0.2) is 49.3 Å². The Balaban J connectivity index is 3.87. The van der Waals surface area contributed by atoms with Gasteiger partial charge in [-0.2, -0.15) is 0 Å². The SMILES string of the molecule is CCCCCCCCCCCCC/C=C/[C@@H](O)C(COC(=O)CCC(=O)OC)NC=O. The third-order valence-electron chi connectivity index (χ3n) is 5.19. The second-order valence-electron chi connectivity index (χ2n) is 7.89. The molecule has 0 heterocycles. The molecule has 31 heavy (non-hydrogen) atoms. The van der Waals surface area contributed by atoms with Crippen molar-refractivity contribution in [1.29, 1.82) is 0 Å². The average Bonchev–Trinajstić information content (AvgIpc) is 2.77. The zero-order chi connectivity index (χ0) is 23.2. The van der Waals surface area contributed by atoms with E-state index in [9.17, 15) is 19.5 Å². The summed E-state index contributed by atoms with van der Waals surface area (Å²) in [7, 11) is 1.25. The molecule has 0 rings (SSSR count). The van der Waals surface area contributed by atoms with Crippen LogP contribution < -0.4 is 5.32 Å². The monoisotopic (exact) mass is 441 g/mol. The lowest BCUT2D eigenvalue weighted by Crippen LogP contribution is -2.42. The van der Waals surface area contributed by atoms with E-state index in [0.29, 0.717) is 6.41 Å². The van der Waals surface area contributed by atoms with Gasteiger partial charge in [-0.25, -0.2) is 0 Å². The molecule has 0 aliphatic carbocycles. The zero-order valence-corrected chi connectivity index (χ0v) is 19.5. The van der Waals surface area contributed by atoms with Gasteiger partial charge in [0.2, 0.25) is 6.41 Å². The van der Waals surface area contributed by atoms with Crippen LogP contribution >= 0.6 is 0 Å². The van der Waals surface area contributed by atoms with E-state index < -0.39 is 24.1 Å². The molecule has 0 aromatic carbocycles. The minimum Gasteiger partial charge on any atom is -0.469 e. The fourth-order valence-corrected chi connectivity index (χ4v) is 3.19. The van der Waals surface area contributed by atoms with Gasteiger partial charge in [0.05, 0.1) is 32.1 Å². The Labute approximate surface area is 187 Å². The Hall–Kier alpha value is -1.89. The van der Waals surface area contributed by atoms with Crippen molar-refractivity contribution in [3.05, 3.63) is 12.2 Å². The van der Waals surface area contributed by atoms with E-state index in [1.807, 2.05) is 6.08 Å². The predicted molar refractivity (Wildman–Crippen MR) is 121 cm³/mol. The van der Waals surface area contributed by atoms with Crippen LogP contribution in [0.2, 0.25) is 0 Å². The van der Waals surface area contributed by atoms with Crippen LogP contribution in [0.25, 0.3) is 0 Å². The number of aliphatic hydroxyl groups is 1. The summed E-state index contributed by atoms with van der Waals surface area (Å²) in [5.74, 6) is -1.08. The molecule has 0 radical (unpaired) electrons. The number of amides is 1. The van der Waals surface area contributed by atoms with E-state index in [-0.39, 0.29) is 19.4 Å². The summed E-state index contributed by atoms with van der Waals surface area (Å²) in [5.41, 5.74) is 0. The van der Waals surface area contributed by atoms with Crippen molar-refractivity contribution in [3.8, 4) is 0 Å². The quantitative estimate of drug-likeness (QED) is 0.120. The fourth-order valence-electron chi connectivity index (χ4n) is 3.19. The molecule has 2 N–H and O–H groups in total. The second kappa shape index (κ2) is 21.3. The standard InChI is InChI=1S/C24H43NO6/c1-3-4-5-6-7-8-9-10-11-12-13-14-15-16-22(27)21(25-20-26)19-31-24(29)18-17-23(28)30-2/h15-16,20-22,27H,3-14,17-19H2,1-2H3,(H,25,26)/b16-15+/t21?,22-/m1/s1. The number of methoxy groups -OCH3 is 1. The van der Waals surface area contributed by atoms with Gasteiger partial charge in [-0.05, 0) is 12.8 Å². The summed E-state index contributed by atoms with van der Waals surface area (Å²) in [4.78, 5) is 33.4. The van der Waals surface area contributed by atoms with Gasteiger partial charge >= 0.3 is 11.9 Å². The molecule has 1 unspecified atom stereocenters. The highest BCUT2D eigenvalue weighted by atomic mass is 16.5. The summed E-state index contributed by atoms with van der Waals surface area (Å²) in [6.45, 7) is 2.08. The van der Waals surface area contributed by atoms with E-state index in [1.54, 1.807) is 6.08 Å². The van der Waals surface area contributed by atoms with Crippen molar-refractivity contribution < 1.29 is 29.0 Å². The Kier molecular flexibility index (Phi) is 20.0. The van der Waals surface area contributed by atoms with Crippen LogP contribution in [0.1, 0.15) is 96.8 Å². The molecule has 7 heteroatoms. The molecule has 0 spiro atoms. The van der Waals surface area contributed by atoms with Gasteiger partial charge in [0.15, 0.2) is 0 Å². The first-order valence-electron chi connectivity index (χ1n) is 11.8. The minimum absolute atomic E-state index is 0.0669. The van der Waals surface area contributed by atoms with Crippen molar-refractivity contribution in [2.75, 3.05) is 13.7 Å². The summed E-state index contributed by atoms with van der Waals surface area (Å²) < 4.78 is 9.49. The van der Waals surface area contributed by atoms with Crippen LogP contribution in [0.3, 0.4) is 0 Å². The zero-order valence-electron chi connectivity index (χ0n) is 19.5. The smallest absolute Gasteiger partial charge is 0.306 e. The maximum Gasteiger partial charge on any atom is 0.306 e. The number of carbonyl (C=O) groups excluding carboxylic acids is 3. The Morgan fingerprint density at radius 1 is 0.903 bits per heavy atom. The van der Waals surface area contributed by atoms with Crippen LogP contribution in [0.15, 0.2) is 12.2 Å². The van der Waals surface area contributed by atoms with Crippen LogP contribution in [0.5, 0.6) is 0 Å². The summed E-state index contributed by atoms with van der Waals surface area (Å²) in [6.07, 6.45) is 17.9. The minimum atomic E-state index is -0.952. The van der Waals surface area contributed by atoms with Crippen molar-refractivity contribution in [1.82, 2.24) is 5.32 Å². The lowest BCUT2D eigenvalue weighted by atomic mass is 10.0. The van der Waals surface area contributed by atoms with Gasteiger partial charge in [0.1, 0.15) is 6.61 Å². The summed E-state index contributed by atoms with van der Waals surface area (Å²) in [5, 5.41) is 12.7. The highest BCUT2D eigenvalue weighted by Gasteiger charge is 2.18. The number of hydrogen-bond acceptors (Lipinski definition) is 6. The first-order chi connectivity index (χ1) is 15.0. The molecule has 7 nitrogen and oxygen atoms in total. The lowest BCUT2D eigenvalue weighted by molar-refractivity contribution is -0.150. The normalized spacial score (nSPS) is 13.0. The average molecular weight is 442 g/mol. The number of esters is 2. The number of nitrogens with one attached hydrogen (secondary N) is 1. The molecule has 0 aromatic rings. The number of unbranched alkanes of at least 4 members (excludes halogenated alkanes) is 11. The van der Waals surface area contributed by atoms with E-state index in [1.165, 1.54) is 71.3 Å². The molecule has 0 aliphatic rings. The number of carbonyl (C=O) groups is 3. The van der Waals surface area contributed by atoms with Crippen LogP contribution in [-0.2, 0) is 23.9 Å². The Morgan fingerprint density at radius 3 is 2.00 bits per heavy atom. The molecule has 0 aliphatic heterocycles. The molecular formula is C24H43NO6. The second-order valence-corrected chi connectivity index (χ2v) is 7.89. The van der Waals surface area contributed by atoms with Crippen LogP contribution in [0.4, 0.5) is 0 Å². The Bertz CT molecular complexity index is 494. The van der Waals surface area contributed by atoms with Crippen molar-refractivity contribution >= 4 is 18.3 Å². The number of ether oxygens (including phenoxy) is 2. The van der Waals surface area contributed by atoms with E-state index in [0.717, 1.165) is 12.8 Å². The van der Waals surface area contributed by atoms with Crippen molar-refractivity contribution in [3.63, 3.8) is 0 Å². The molecule has 0 saturated carbocycles. The molecular weight excluding hydrogens is 398 g/mol. The number of allylic oxidation sites excluding steroid dienone is 1. The van der Waals surface area contributed by atoms with Gasteiger partial charge in [-0.3, -0.25) is 14.4 Å². The van der Waals surface area contributed by atoms with Crippen molar-refractivity contribution in [2.24, 2.45) is 0 Å². The lowest BCUT2D eigenvalue weighted by Gasteiger charge is -2.19. The topological polar surface area (TPSA) is 102 Å². The van der Waals surface area contributed by atoms with Gasteiger partial charge < -0.3 is 19.9 Å². The van der Waals surface area contributed by atoms with Gasteiger partial charge in [-0.1, -0.05) is 83.3 Å². The maximum absolute atomic E-state index is 11.6. The Morgan fingerprint density at radius 2 is 1.45 bits per heavy atom. The predicted octanol–water partition coefficient (Wildman–Crippen LogP) is 4.22. The molecule has 1 amide bonds. The first kappa shape index (κ1) is 29.1. The molecule has 2 atom stereocenters. The van der Waals surface area contributed by atoms with Crippen molar-refractivity contribution in [2.45, 2.75) is 109 Å². The van der Waals surface area contributed by atoms with Crippen LogP contribution in [0, 0.1) is 0 Å². The highest BCUT2D eigenvalue weighted by molar-refractivity contribution is 5.77. The summed E-state index contributed by atoms with van der Waals surface area (Å²) in [6, 6.07) is -0.729. The fraction of sp³-hybridized carbons (Fsp3) is 0.792. The molecule has 0 fully saturated rings. The summed E-state index contributed by atoms with van der Waals surface area (Å²) >= 11 is 0. The molecule has 0 aromatic heterocycles. The molecule has 0 bridgehead atoms. The van der Waals surface area contributed by atoms with E-state index in [2.05, 4.69) is 17.0 Å². The largest absolute Gasteiger partial charge is 0.469 e.